The summed E-state index contributed by atoms with van der Waals surface area (Å²) < 4.78 is 10.4. The van der Waals surface area contributed by atoms with Crippen molar-refractivity contribution in [2.24, 2.45) is 10.9 Å². The molecule has 1 aromatic rings. The van der Waals surface area contributed by atoms with E-state index in [0.717, 1.165) is 5.69 Å². The van der Waals surface area contributed by atoms with E-state index in [1.54, 1.807) is 20.3 Å². The highest BCUT2D eigenvalue weighted by atomic mass is 16.5. The molecule has 0 saturated heterocycles. The number of methoxy groups -OCH3 is 2. The molecule has 1 aromatic carbocycles. The van der Waals surface area contributed by atoms with Crippen molar-refractivity contribution in [1.82, 2.24) is 0 Å². The summed E-state index contributed by atoms with van der Waals surface area (Å²) in [5.74, 6) is 1.48. The van der Waals surface area contributed by atoms with Gasteiger partial charge in [0, 0.05) is 6.07 Å². The van der Waals surface area contributed by atoms with Gasteiger partial charge in [-0.1, -0.05) is 12.1 Å². The van der Waals surface area contributed by atoms with Crippen LogP contribution >= 0.6 is 0 Å². The van der Waals surface area contributed by atoms with Gasteiger partial charge in [0.2, 0.25) is 0 Å². The number of nitrogens with two attached hydrogens (primary N) is 1. The molecule has 6 nitrogen and oxygen atoms in total. The highest BCUT2D eigenvalue weighted by Gasteiger charge is 2.14. The highest BCUT2D eigenvalue weighted by Crippen LogP contribution is 2.29. The highest BCUT2D eigenvalue weighted by molar-refractivity contribution is 5.88. The lowest BCUT2D eigenvalue weighted by molar-refractivity contribution is 0.316. The minimum absolute atomic E-state index is 0.135. The van der Waals surface area contributed by atoms with E-state index in [9.17, 15) is 0 Å². The largest absolute Gasteiger partial charge is 0.497 e. The van der Waals surface area contributed by atoms with Gasteiger partial charge in [-0.3, -0.25) is 0 Å². The minimum atomic E-state index is -0.253. The Labute approximate surface area is 106 Å². The molecular weight excluding hydrogens is 234 g/mol. The summed E-state index contributed by atoms with van der Waals surface area (Å²) in [6, 6.07) is 5.15. The second kappa shape index (κ2) is 6.58. The maximum Gasteiger partial charge on any atom is 0.161 e. The molecule has 0 aliphatic heterocycles. The molecule has 1 atom stereocenters. The molecule has 0 fully saturated rings. The number of hydrogen-bond acceptors (Lipinski definition) is 5. The summed E-state index contributed by atoms with van der Waals surface area (Å²) in [6.07, 6.45) is 0.686. The Kier molecular flexibility index (Phi) is 5.10. The van der Waals surface area contributed by atoms with Crippen LogP contribution in [0.2, 0.25) is 0 Å². The molecule has 0 aromatic heterocycles. The molecule has 4 N–H and O–H groups in total. The number of benzene rings is 1. The average molecular weight is 253 g/mol. The summed E-state index contributed by atoms with van der Waals surface area (Å²) in [6.45, 7) is 1.94. The van der Waals surface area contributed by atoms with Crippen molar-refractivity contribution in [3.63, 3.8) is 0 Å². The maximum absolute atomic E-state index is 8.69. The van der Waals surface area contributed by atoms with E-state index in [2.05, 4.69) is 10.5 Å². The summed E-state index contributed by atoms with van der Waals surface area (Å²) in [5, 5.41) is 14.9. The fourth-order valence-corrected chi connectivity index (χ4v) is 1.56. The number of hydrogen-bond donors (Lipinski definition) is 3. The van der Waals surface area contributed by atoms with Gasteiger partial charge in [-0.15, -0.1) is 0 Å². The zero-order chi connectivity index (χ0) is 13.5. The first-order chi connectivity index (χ1) is 8.65. The van der Waals surface area contributed by atoms with E-state index < -0.39 is 0 Å². The summed E-state index contributed by atoms with van der Waals surface area (Å²) in [5.41, 5.74) is 6.36. The molecule has 0 saturated carbocycles. The second-order valence-corrected chi connectivity index (χ2v) is 3.70. The molecule has 0 amide bonds. The van der Waals surface area contributed by atoms with Gasteiger partial charge < -0.3 is 25.7 Å². The molecule has 0 radical (unpaired) electrons. The quantitative estimate of drug-likeness (QED) is 0.310. The molecule has 100 valence electrons. The van der Waals surface area contributed by atoms with Gasteiger partial charge in [0.15, 0.2) is 5.84 Å². The molecular formula is C12H19N3O3. The van der Waals surface area contributed by atoms with Gasteiger partial charge in [-0.05, 0) is 18.6 Å². The zero-order valence-corrected chi connectivity index (χ0v) is 10.8. The first kappa shape index (κ1) is 14.0. The van der Waals surface area contributed by atoms with Crippen LogP contribution in [0.1, 0.15) is 13.3 Å². The van der Waals surface area contributed by atoms with E-state index in [1.807, 2.05) is 19.1 Å². The minimum Gasteiger partial charge on any atom is -0.497 e. The van der Waals surface area contributed by atoms with Gasteiger partial charge in [-0.2, -0.15) is 0 Å². The molecule has 0 bridgehead atoms. The molecule has 0 heterocycles. The normalized spacial score (nSPS) is 12.9. The smallest absolute Gasteiger partial charge is 0.161 e. The van der Waals surface area contributed by atoms with Crippen LogP contribution in [0.4, 0.5) is 5.69 Å². The van der Waals surface area contributed by atoms with Crippen molar-refractivity contribution in [3.05, 3.63) is 18.2 Å². The molecule has 0 spiro atoms. The van der Waals surface area contributed by atoms with E-state index in [0.29, 0.717) is 17.9 Å². The van der Waals surface area contributed by atoms with Crippen molar-refractivity contribution in [2.75, 3.05) is 19.5 Å². The van der Waals surface area contributed by atoms with E-state index in [4.69, 9.17) is 20.4 Å². The first-order valence-electron chi connectivity index (χ1n) is 5.62. The van der Waals surface area contributed by atoms with Crippen LogP contribution in [-0.2, 0) is 0 Å². The fourth-order valence-electron chi connectivity index (χ4n) is 1.56. The van der Waals surface area contributed by atoms with Crippen molar-refractivity contribution >= 4 is 11.5 Å². The summed E-state index contributed by atoms with van der Waals surface area (Å²) in [7, 11) is 3.16. The van der Waals surface area contributed by atoms with Crippen LogP contribution in [0, 0.1) is 0 Å². The molecule has 1 unspecified atom stereocenters. The van der Waals surface area contributed by atoms with Crippen molar-refractivity contribution < 1.29 is 14.7 Å². The van der Waals surface area contributed by atoms with Crippen molar-refractivity contribution in [2.45, 2.75) is 19.4 Å². The molecule has 18 heavy (non-hydrogen) atoms. The Bertz CT molecular complexity index is 421. The van der Waals surface area contributed by atoms with E-state index in [1.165, 1.54) is 0 Å². The molecule has 0 aliphatic rings. The van der Waals surface area contributed by atoms with Crippen LogP contribution in [-0.4, -0.2) is 31.3 Å². The van der Waals surface area contributed by atoms with E-state index >= 15 is 0 Å². The summed E-state index contributed by atoms with van der Waals surface area (Å²) in [4.78, 5) is 0. The Hall–Kier alpha value is -2.11. The Balaban J connectivity index is 2.95. The number of oxime groups is 1. The van der Waals surface area contributed by atoms with Crippen LogP contribution in [0.5, 0.6) is 11.5 Å². The maximum atomic E-state index is 8.69. The Morgan fingerprint density at radius 1 is 1.44 bits per heavy atom. The third-order valence-corrected chi connectivity index (χ3v) is 2.62. The Morgan fingerprint density at radius 3 is 2.67 bits per heavy atom. The predicted molar refractivity (Wildman–Crippen MR) is 70.7 cm³/mol. The number of nitrogens with one attached hydrogen (secondary N) is 1. The van der Waals surface area contributed by atoms with Crippen LogP contribution in [0.3, 0.4) is 0 Å². The number of nitrogens with zero attached hydrogens (tertiary/aromatic N) is 1. The standard InChI is InChI=1S/C12H19N3O3/c1-4-9(12(13)15-16)14-10-6-5-8(17-2)7-11(10)18-3/h5-7,9,14,16H,4H2,1-3H3,(H2,13,15). The molecule has 6 heteroatoms. The number of rotatable bonds is 6. The first-order valence-corrected chi connectivity index (χ1v) is 5.62. The number of anilines is 1. The van der Waals surface area contributed by atoms with Gasteiger partial charge in [-0.25, -0.2) is 0 Å². The number of amidine groups is 1. The lowest BCUT2D eigenvalue weighted by Gasteiger charge is -2.19. The Morgan fingerprint density at radius 2 is 2.17 bits per heavy atom. The fraction of sp³-hybridized carbons (Fsp3) is 0.417. The van der Waals surface area contributed by atoms with Crippen LogP contribution < -0.4 is 20.5 Å². The number of ether oxygens (including phenoxy) is 2. The SMILES string of the molecule is CCC(Nc1ccc(OC)cc1OC)C(N)=NO. The van der Waals surface area contributed by atoms with Crippen LogP contribution in [0.25, 0.3) is 0 Å². The average Bonchev–Trinajstić information content (AvgIpc) is 2.43. The van der Waals surface area contributed by atoms with Crippen molar-refractivity contribution in [3.8, 4) is 11.5 Å². The van der Waals surface area contributed by atoms with Gasteiger partial charge in [0.1, 0.15) is 11.5 Å². The summed E-state index contributed by atoms with van der Waals surface area (Å²) >= 11 is 0. The molecule has 0 aliphatic carbocycles. The topological polar surface area (TPSA) is 89.1 Å². The molecule has 1 rings (SSSR count). The second-order valence-electron chi connectivity index (χ2n) is 3.70. The monoisotopic (exact) mass is 253 g/mol. The van der Waals surface area contributed by atoms with Gasteiger partial charge in [0.25, 0.3) is 0 Å². The van der Waals surface area contributed by atoms with Gasteiger partial charge in [0.05, 0.1) is 25.9 Å². The van der Waals surface area contributed by atoms with Crippen molar-refractivity contribution in [1.29, 1.82) is 0 Å². The third-order valence-electron chi connectivity index (χ3n) is 2.62. The van der Waals surface area contributed by atoms with E-state index in [-0.39, 0.29) is 11.9 Å². The van der Waals surface area contributed by atoms with Crippen LogP contribution in [0.15, 0.2) is 23.4 Å². The lowest BCUT2D eigenvalue weighted by atomic mass is 10.2. The third kappa shape index (κ3) is 3.19. The van der Waals surface area contributed by atoms with Gasteiger partial charge >= 0.3 is 0 Å². The zero-order valence-electron chi connectivity index (χ0n) is 10.8. The lowest BCUT2D eigenvalue weighted by Crippen LogP contribution is -2.35. The predicted octanol–water partition coefficient (Wildman–Crippen LogP) is 1.64.